The van der Waals surface area contributed by atoms with Crippen molar-refractivity contribution in [2.75, 3.05) is 0 Å². The van der Waals surface area contributed by atoms with E-state index < -0.39 is 0 Å². The number of benzene rings is 1. The topological polar surface area (TPSA) is 20.2 Å². The average Bonchev–Trinajstić information content (AvgIpc) is 2.07. The maximum absolute atomic E-state index is 9.02. The molecule has 0 heterocycles. The van der Waals surface area contributed by atoms with E-state index in [0.717, 1.165) is 5.56 Å². The summed E-state index contributed by atoms with van der Waals surface area (Å²) in [5.41, 5.74) is 0.970. The quantitative estimate of drug-likeness (QED) is 0.633. The van der Waals surface area contributed by atoms with Crippen LogP contribution in [0.3, 0.4) is 0 Å². The van der Waals surface area contributed by atoms with E-state index in [0.29, 0.717) is 0 Å². The Morgan fingerprint density at radius 3 is 2.00 bits per heavy atom. The first-order valence-electron chi connectivity index (χ1n) is 4.02. The fraction of sp³-hybridized carbons (Fsp3) is 0.273. The van der Waals surface area contributed by atoms with Crippen molar-refractivity contribution in [3.63, 3.8) is 0 Å². The second-order valence-corrected chi connectivity index (χ2v) is 2.49. The molecule has 1 N–H and O–H groups in total. The molecule has 0 aliphatic heterocycles. The molecule has 1 aromatic carbocycles. The van der Waals surface area contributed by atoms with Crippen molar-refractivity contribution < 1.29 is 5.11 Å². The van der Waals surface area contributed by atoms with Crippen molar-refractivity contribution in [2.45, 2.75) is 20.0 Å². The molecule has 1 rings (SSSR count). The molecule has 0 aliphatic carbocycles. The highest BCUT2D eigenvalue weighted by Crippen LogP contribution is 2.08. The number of rotatable bonds is 1. The highest BCUT2D eigenvalue weighted by atomic mass is 16.3. The molecule has 0 bridgehead atoms. The average molecular weight is 164 g/mol. The summed E-state index contributed by atoms with van der Waals surface area (Å²) in [4.78, 5) is 0. The van der Waals surface area contributed by atoms with Gasteiger partial charge in [0.25, 0.3) is 0 Å². The lowest BCUT2D eigenvalue weighted by Crippen LogP contribution is -1.87. The highest BCUT2D eigenvalue weighted by Gasteiger charge is 1.95. The van der Waals surface area contributed by atoms with Gasteiger partial charge in [-0.3, -0.25) is 0 Å². The summed E-state index contributed by atoms with van der Waals surface area (Å²) in [5, 5.41) is 9.02. The third-order valence-corrected chi connectivity index (χ3v) is 1.28. The van der Waals surface area contributed by atoms with E-state index in [1.807, 2.05) is 37.3 Å². The molecule has 0 aliphatic rings. The summed E-state index contributed by atoms with van der Waals surface area (Å²) >= 11 is 0. The van der Waals surface area contributed by atoms with E-state index in [1.54, 1.807) is 13.0 Å². The summed E-state index contributed by atoms with van der Waals surface area (Å²) in [6.45, 7) is 7.01. The molecular formula is C11H16O. The molecule has 0 saturated carbocycles. The zero-order chi connectivity index (χ0) is 9.40. The summed E-state index contributed by atoms with van der Waals surface area (Å²) < 4.78 is 0. The van der Waals surface area contributed by atoms with Crippen LogP contribution >= 0.6 is 0 Å². The van der Waals surface area contributed by atoms with Gasteiger partial charge in [-0.05, 0) is 19.4 Å². The summed E-state index contributed by atoms with van der Waals surface area (Å²) in [5.74, 6) is 0. The predicted molar refractivity (Wildman–Crippen MR) is 52.9 cm³/mol. The Hall–Kier alpha value is -1.08. The summed E-state index contributed by atoms with van der Waals surface area (Å²) in [6, 6.07) is 9.59. The number of aliphatic hydroxyl groups is 1. The Morgan fingerprint density at radius 2 is 1.75 bits per heavy atom. The van der Waals surface area contributed by atoms with Gasteiger partial charge in [0.15, 0.2) is 0 Å². The zero-order valence-electron chi connectivity index (χ0n) is 7.70. The normalized spacial score (nSPS) is 10.9. The molecule has 0 spiro atoms. The van der Waals surface area contributed by atoms with E-state index >= 15 is 0 Å². The Morgan fingerprint density at radius 1 is 1.33 bits per heavy atom. The molecule has 1 unspecified atom stereocenters. The van der Waals surface area contributed by atoms with Crippen LogP contribution in [0.15, 0.2) is 43.0 Å². The van der Waals surface area contributed by atoms with Crippen molar-refractivity contribution >= 4 is 0 Å². The van der Waals surface area contributed by atoms with E-state index in [4.69, 9.17) is 5.11 Å². The first kappa shape index (κ1) is 10.9. The van der Waals surface area contributed by atoms with Crippen LogP contribution in [0.5, 0.6) is 0 Å². The second kappa shape index (κ2) is 6.62. The molecular weight excluding hydrogens is 148 g/mol. The minimum atomic E-state index is -0.341. The van der Waals surface area contributed by atoms with Gasteiger partial charge in [0.1, 0.15) is 0 Å². The number of hydrogen-bond donors (Lipinski definition) is 1. The van der Waals surface area contributed by atoms with Gasteiger partial charge in [-0.2, -0.15) is 0 Å². The highest BCUT2D eigenvalue weighted by molar-refractivity contribution is 5.16. The molecule has 66 valence electrons. The zero-order valence-corrected chi connectivity index (χ0v) is 7.70. The molecule has 0 fully saturated rings. The first-order valence-corrected chi connectivity index (χ1v) is 4.02. The van der Waals surface area contributed by atoms with Crippen LogP contribution in [0.2, 0.25) is 0 Å². The van der Waals surface area contributed by atoms with Crippen molar-refractivity contribution in [3.05, 3.63) is 48.6 Å². The van der Waals surface area contributed by atoms with Crippen molar-refractivity contribution in [1.29, 1.82) is 0 Å². The minimum absolute atomic E-state index is 0.341. The van der Waals surface area contributed by atoms with Gasteiger partial charge in [0.2, 0.25) is 0 Å². The Kier molecular flexibility index (Phi) is 6.02. The molecule has 1 nitrogen and oxygen atoms in total. The Balaban J connectivity index is 0.000000354. The van der Waals surface area contributed by atoms with Crippen LogP contribution in [-0.4, -0.2) is 5.11 Å². The molecule has 0 radical (unpaired) electrons. The lowest BCUT2D eigenvalue weighted by Gasteiger charge is -2.00. The molecule has 0 aromatic heterocycles. The van der Waals surface area contributed by atoms with E-state index in [1.165, 1.54) is 0 Å². The van der Waals surface area contributed by atoms with Crippen molar-refractivity contribution in [2.24, 2.45) is 0 Å². The lowest BCUT2D eigenvalue weighted by molar-refractivity contribution is 0.199. The maximum Gasteiger partial charge on any atom is 0.0761 e. The van der Waals surface area contributed by atoms with Crippen LogP contribution < -0.4 is 0 Å². The van der Waals surface area contributed by atoms with Gasteiger partial charge < -0.3 is 5.11 Å². The third-order valence-electron chi connectivity index (χ3n) is 1.28. The Labute approximate surface area is 74.4 Å². The molecule has 1 heteroatoms. The second-order valence-electron chi connectivity index (χ2n) is 2.49. The summed E-state index contributed by atoms with van der Waals surface area (Å²) in [6.07, 6.45) is 1.41. The van der Waals surface area contributed by atoms with Gasteiger partial charge in [0, 0.05) is 0 Å². The Bertz CT molecular complexity index is 202. The molecule has 0 amide bonds. The number of hydrogen-bond acceptors (Lipinski definition) is 1. The van der Waals surface area contributed by atoms with Crippen LogP contribution in [-0.2, 0) is 0 Å². The number of aliphatic hydroxyl groups excluding tert-OH is 1. The molecule has 0 saturated heterocycles. The van der Waals surface area contributed by atoms with E-state index in [-0.39, 0.29) is 6.10 Å². The largest absolute Gasteiger partial charge is 0.389 e. The fourth-order valence-corrected chi connectivity index (χ4v) is 0.732. The fourth-order valence-electron chi connectivity index (χ4n) is 0.732. The molecule has 1 aromatic rings. The van der Waals surface area contributed by atoms with Gasteiger partial charge in [-0.1, -0.05) is 36.4 Å². The standard InChI is InChI=1S/C8H10O.C3H6/c1-7(9)8-5-3-2-4-6-8;1-3-2/h2-7,9H,1H3;3H,1H2,2H3. The van der Waals surface area contributed by atoms with Gasteiger partial charge in [0.05, 0.1) is 6.10 Å². The maximum atomic E-state index is 9.02. The van der Waals surface area contributed by atoms with E-state index in [2.05, 4.69) is 6.58 Å². The monoisotopic (exact) mass is 164 g/mol. The van der Waals surface area contributed by atoms with Crippen LogP contribution in [0.25, 0.3) is 0 Å². The lowest BCUT2D eigenvalue weighted by atomic mass is 10.1. The SMILES string of the molecule is C=CC.CC(O)c1ccccc1. The number of allylic oxidation sites excluding steroid dienone is 1. The van der Waals surface area contributed by atoms with Crippen LogP contribution in [0.4, 0.5) is 0 Å². The van der Waals surface area contributed by atoms with Gasteiger partial charge in [-0.15, -0.1) is 6.58 Å². The molecule has 1 atom stereocenters. The first-order chi connectivity index (χ1) is 5.72. The smallest absolute Gasteiger partial charge is 0.0761 e. The van der Waals surface area contributed by atoms with Crippen LogP contribution in [0.1, 0.15) is 25.5 Å². The van der Waals surface area contributed by atoms with Gasteiger partial charge >= 0.3 is 0 Å². The van der Waals surface area contributed by atoms with Gasteiger partial charge in [-0.25, -0.2) is 0 Å². The van der Waals surface area contributed by atoms with Crippen LogP contribution in [0, 0.1) is 0 Å². The van der Waals surface area contributed by atoms with Crippen molar-refractivity contribution in [1.82, 2.24) is 0 Å². The summed E-state index contributed by atoms with van der Waals surface area (Å²) in [7, 11) is 0. The predicted octanol–water partition coefficient (Wildman–Crippen LogP) is 2.93. The minimum Gasteiger partial charge on any atom is -0.389 e. The molecule has 12 heavy (non-hydrogen) atoms. The third kappa shape index (κ3) is 4.69. The van der Waals surface area contributed by atoms with Crippen molar-refractivity contribution in [3.8, 4) is 0 Å². The van der Waals surface area contributed by atoms with E-state index in [9.17, 15) is 0 Å².